The van der Waals surface area contributed by atoms with Crippen LogP contribution in [0.15, 0.2) is 48.8 Å². The van der Waals surface area contributed by atoms with Crippen molar-refractivity contribution in [3.05, 3.63) is 59.9 Å². The molecule has 0 atom stereocenters. The number of aromatic nitrogens is 1. The monoisotopic (exact) mass is 313 g/mol. The number of para-hydroxylation sites is 1. The fraction of sp³-hybridized carbons (Fsp3) is 0.235. The van der Waals surface area contributed by atoms with Crippen molar-refractivity contribution in [3.63, 3.8) is 0 Å². The van der Waals surface area contributed by atoms with Gasteiger partial charge in [-0.15, -0.1) is 0 Å². The first kappa shape index (κ1) is 16.5. The number of pyridine rings is 1. The molecule has 0 bridgehead atoms. The van der Waals surface area contributed by atoms with Gasteiger partial charge in [-0.1, -0.05) is 18.2 Å². The molecule has 2 rings (SSSR count). The number of ether oxygens (including phenoxy) is 1. The summed E-state index contributed by atoms with van der Waals surface area (Å²) in [4.78, 5) is 27.5. The maximum atomic E-state index is 11.8. The molecule has 6 heteroatoms. The fourth-order valence-electron chi connectivity index (χ4n) is 2.03. The van der Waals surface area contributed by atoms with Crippen LogP contribution in [0.4, 0.5) is 5.69 Å². The van der Waals surface area contributed by atoms with Crippen LogP contribution in [-0.2, 0) is 16.1 Å². The molecular formula is C17H19N3O3. The molecule has 0 spiro atoms. The molecule has 0 saturated heterocycles. The Kier molecular flexibility index (Phi) is 6.11. The lowest BCUT2D eigenvalue weighted by Crippen LogP contribution is -2.25. The Labute approximate surface area is 134 Å². The summed E-state index contributed by atoms with van der Waals surface area (Å²) in [6.07, 6.45) is 3.70. The van der Waals surface area contributed by atoms with Gasteiger partial charge in [0.15, 0.2) is 0 Å². The van der Waals surface area contributed by atoms with E-state index in [1.165, 1.54) is 7.11 Å². The quantitative estimate of drug-likeness (QED) is 0.764. The van der Waals surface area contributed by atoms with Crippen molar-refractivity contribution in [2.75, 3.05) is 19.0 Å². The summed E-state index contributed by atoms with van der Waals surface area (Å²) in [5.41, 5.74) is 2.05. The molecule has 6 nitrogen and oxygen atoms in total. The Morgan fingerprint density at radius 1 is 1.17 bits per heavy atom. The van der Waals surface area contributed by atoms with Crippen molar-refractivity contribution < 1.29 is 14.3 Å². The van der Waals surface area contributed by atoms with Crippen LogP contribution in [0.5, 0.6) is 0 Å². The van der Waals surface area contributed by atoms with Crippen LogP contribution >= 0.6 is 0 Å². The first-order chi connectivity index (χ1) is 11.2. The Balaban J connectivity index is 1.79. The van der Waals surface area contributed by atoms with Gasteiger partial charge in [-0.05, 0) is 23.8 Å². The van der Waals surface area contributed by atoms with E-state index in [2.05, 4.69) is 15.6 Å². The SMILES string of the molecule is COC(=O)c1ccccc1NCCC(=O)NCc1cccnc1. The van der Waals surface area contributed by atoms with Crippen LogP contribution in [-0.4, -0.2) is 30.5 Å². The van der Waals surface area contributed by atoms with Gasteiger partial charge >= 0.3 is 5.97 Å². The molecule has 2 N–H and O–H groups in total. The van der Waals surface area contributed by atoms with Crippen LogP contribution in [0.25, 0.3) is 0 Å². The topological polar surface area (TPSA) is 80.3 Å². The zero-order chi connectivity index (χ0) is 16.5. The van der Waals surface area contributed by atoms with Gasteiger partial charge in [-0.2, -0.15) is 0 Å². The van der Waals surface area contributed by atoms with Gasteiger partial charge in [-0.25, -0.2) is 4.79 Å². The van der Waals surface area contributed by atoms with Gasteiger partial charge in [-0.3, -0.25) is 9.78 Å². The van der Waals surface area contributed by atoms with E-state index >= 15 is 0 Å². The molecule has 0 unspecified atom stereocenters. The van der Waals surface area contributed by atoms with Crippen molar-refractivity contribution >= 4 is 17.6 Å². The van der Waals surface area contributed by atoms with Gasteiger partial charge < -0.3 is 15.4 Å². The maximum absolute atomic E-state index is 11.8. The number of esters is 1. The molecule has 120 valence electrons. The van der Waals surface area contributed by atoms with Gasteiger partial charge in [0.2, 0.25) is 5.91 Å². The lowest BCUT2D eigenvalue weighted by atomic mass is 10.2. The predicted octanol–water partition coefficient (Wildman–Crippen LogP) is 1.99. The van der Waals surface area contributed by atoms with Crippen LogP contribution in [0, 0.1) is 0 Å². The summed E-state index contributed by atoms with van der Waals surface area (Å²) in [6, 6.07) is 10.8. The summed E-state index contributed by atoms with van der Waals surface area (Å²) < 4.78 is 4.73. The number of carbonyl (C=O) groups is 2. The zero-order valence-corrected chi connectivity index (χ0v) is 12.9. The molecule has 0 fully saturated rings. The fourth-order valence-corrected chi connectivity index (χ4v) is 2.03. The van der Waals surface area contributed by atoms with Gasteiger partial charge in [0.25, 0.3) is 0 Å². The minimum absolute atomic E-state index is 0.0723. The Morgan fingerprint density at radius 2 is 2.00 bits per heavy atom. The van der Waals surface area contributed by atoms with Gasteiger partial charge in [0, 0.05) is 37.6 Å². The highest BCUT2D eigenvalue weighted by Gasteiger charge is 2.10. The van der Waals surface area contributed by atoms with E-state index in [1.807, 2.05) is 18.2 Å². The molecule has 0 saturated carbocycles. The van der Waals surface area contributed by atoms with Crippen molar-refractivity contribution in [1.82, 2.24) is 10.3 Å². The highest BCUT2D eigenvalue weighted by Crippen LogP contribution is 2.15. The van der Waals surface area contributed by atoms with E-state index in [-0.39, 0.29) is 5.91 Å². The van der Waals surface area contributed by atoms with Crippen molar-refractivity contribution in [3.8, 4) is 0 Å². The highest BCUT2D eigenvalue weighted by atomic mass is 16.5. The average molecular weight is 313 g/mol. The smallest absolute Gasteiger partial charge is 0.339 e. The molecule has 0 radical (unpaired) electrons. The zero-order valence-electron chi connectivity index (χ0n) is 12.9. The molecule has 0 aliphatic rings. The number of benzene rings is 1. The number of hydrogen-bond acceptors (Lipinski definition) is 5. The van der Waals surface area contributed by atoms with Crippen LogP contribution < -0.4 is 10.6 Å². The standard InChI is InChI=1S/C17H19N3O3/c1-23-17(22)14-6-2-3-7-15(14)19-10-8-16(21)20-12-13-5-4-9-18-11-13/h2-7,9,11,19H,8,10,12H2,1H3,(H,20,21). The average Bonchev–Trinajstić information content (AvgIpc) is 2.60. The summed E-state index contributed by atoms with van der Waals surface area (Å²) in [5.74, 6) is -0.481. The third kappa shape index (κ3) is 5.10. The predicted molar refractivity (Wildman–Crippen MR) is 87.0 cm³/mol. The largest absolute Gasteiger partial charge is 0.465 e. The second-order valence-electron chi connectivity index (χ2n) is 4.85. The third-order valence-electron chi connectivity index (χ3n) is 3.21. The van der Waals surface area contributed by atoms with E-state index < -0.39 is 5.97 Å². The first-order valence-corrected chi connectivity index (χ1v) is 7.27. The molecule has 0 aliphatic heterocycles. The van der Waals surface area contributed by atoms with Crippen LogP contribution in [0.1, 0.15) is 22.3 Å². The second kappa shape index (κ2) is 8.53. The molecule has 0 aliphatic carbocycles. The lowest BCUT2D eigenvalue weighted by molar-refractivity contribution is -0.121. The molecule has 1 aromatic heterocycles. The number of nitrogens with one attached hydrogen (secondary N) is 2. The van der Waals surface area contributed by atoms with Crippen molar-refractivity contribution in [2.45, 2.75) is 13.0 Å². The number of hydrogen-bond donors (Lipinski definition) is 2. The Hall–Kier alpha value is -2.89. The first-order valence-electron chi connectivity index (χ1n) is 7.27. The number of rotatable bonds is 7. The van der Waals surface area contributed by atoms with Crippen LogP contribution in [0.3, 0.4) is 0 Å². The summed E-state index contributed by atoms with van der Waals surface area (Å²) in [5, 5.41) is 5.91. The van der Waals surface area contributed by atoms with E-state index in [0.29, 0.717) is 30.8 Å². The van der Waals surface area contributed by atoms with Crippen LogP contribution in [0.2, 0.25) is 0 Å². The van der Waals surface area contributed by atoms with Gasteiger partial charge in [0.1, 0.15) is 0 Å². The number of anilines is 1. The number of amides is 1. The summed E-state index contributed by atoms with van der Waals surface area (Å²) >= 11 is 0. The van der Waals surface area contributed by atoms with Gasteiger partial charge in [0.05, 0.1) is 12.7 Å². The molecule has 1 aromatic carbocycles. The maximum Gasteiger partial charge on any atom is 0.339 e. The number of nitrogens with zero attached hydrogens (tertiary/aromatic N) is 1. The van der Waals surface area contributed by atoms with Crippen molar-refractivity contribution in [1.29, 1.82) is 0 Å². The van der Waals surface area contributed by atoms with Crippen molar-refractivity contribution in [2.24, 2.45) is 0 Å². The third-order valence-corrected chi connectivity index (χ3v) is 3.21. The molecular weight excluding hydrogens is 294 g/mol. The number of carbonyl (C=O) groups excluding carboxylic acids is 2. The minimum atomic E-state index is -0.408. The Bertz CT molecular complexity index is 659. The molecule has 1 heterocycles. The molecule has 23 heavy (non-hydrogen) atoms. The van der Waals surface area contributed by atoms with E-state index in [1.54, 1.807) is 30.6 Å². The summed E-state index contributed by atoms with van der Waals surface area (Å²) in [7, 11) is 1.34. The second-order valence-corrected chi connectivity index (χ2v) is 4.85. The molecule has 1 amide bonds. The summed E-state index contributed by atoms with van der Waals surface area (Å²) in [6.45, 7) is 0.873. The number of methoxy groups -OCH3 is 1. The normalized spacial score (nSPS) is 9.96. The molecule has 2 aromatic rings. The lowest BCUT2D eigenvalue weighted by Gasteiger charge is -2.10. The minimum Gasteiger partial charge on any atom is -0.465 e. The Morgan fingerprint density at radius 3 is 2.74 bits per heavy atom. The highest BCUT2D eigenvalue weighted by molar-refractivity contribution is 5.95. The van der Waals surface area contributed by atoms with E-state index in [4.69, 9.17) is 4.74 Å². The van der Waals surface area contributed by atoms with E-state index in [9.17, 15) is 9.59 Å². The van der Waals surface area contributed by atoms with E-state index in [0.717, 1.165) is 5.56 Å².